The molecule has 0 aliphatic heterocycles. The van der Waals surface area contributed by atoms with Crippen molar-refractivity contribution < 1.29 is 90.2 Å². The van der Waals surface area contributed by atoms with Crippen molar-refractivity contribution >= 4 is 23.9 Å². The minimum Gasteiger partial charge on any atom is -0.550 e. The molecule has 0 aromatic heterocycles. The zero-order valence-corrected chi connectivity index (χ0v) is 53.6. The van der Waals surface area contributed by atoms with Crippen LogP contribution in [0.4, 0.5) is 0 Å². The predicted molar refractivity (Wildman–Crippen MR) is 291 cm³/mol. The van der Waals surface area contributed by atoms with Gasteiger partial charge < -0.3 is 29.3 Å². The summed E-state index contributed by atoms with van der Waals surface area (Å²) in [6, 6.07) is 0. The van der Waals surface area contributed by atoms with Gasteiger partial charge in [-0.1, -0.05) is 120 Å². The SMILES string of the molecule is CC1(C)CC[C@]2(C(=O)[O-])CC[C@]3(C)C(=CC[C@@H]4[C@@]5(C)CC[C@H](OC(=O)CO[N+](=O)O)C(C)(C)[C@@H]5CC[C@]43C)[C@@H]2C1.CC1(C)CC[C@]2(C(=O)[O-])CC[C@]3(C)C(=CC[C@@H]4[C@@]5(C)CC[C@H](OC(=O)CO[N+](=O)O)C(C)(C)[C@@H]5CC[C@]43C)[C@@H]2C1.[Pt+2]. The Bertz CT molecular complexity index is 2440. The van der Waals surface area contributed by atoms with Crippen LogP contribution in [0, 0.1) is 110 Å². The molecule has 456 valence electrons. The van der Waals surface area contributed by atoms with Gasteiger partial charge in [-0.25, -0.2) is 20.0 Å². The van der Waals surface area contributed by atoms with Crippen LogP contribution in [-0.2, 0) is 59.4 Å². The molecule has 16 nitrogen and oxygen atoms in total. The molecule has 0 aromatic rings. The van der Waals surface area contributed by atoms with Gasteiger partial charge in [0.25, 0.3) is 13.2 Å². The van der Waals surface area contributed by atoms with Gasteiger partial charge in [0.05, 0.1) is 0 Å². The van der Waals surface area contributed by atoms with Crippen LogP contribution < -0.4 is 10.2 Å². The van der Waals surface area contributed by atoms with Crippen molar-refractivity contribution in [3.63, 3.8) is 0 Å². The van der Waals surface area contributed by atoms with Gasteiger partial charge in [0, 0.05) is 33.6 Å². The third-order valence-corrected chi connectivity index (χ3v) is 27.1. The van der Waals surface area contributed by atoms with Gasteiger partial charge in [0.2, 0.25) is 0 Å². The molecular formula is C64H98N2O14Pt+2. The van der Waals surface area contributed by atoms with Crippen molar-refractivity contribution in [1.29, 1.82) is 0 Å². The Hall–Kier alpha value is -3.55. The minimum atomic E-state index is -0.846. The summed E-state index contributed by atoms with van der Waals surface area (Å²) in [5, 5.41) is 41.4. The maximum Gasteiger partial charge on any atom is 2.00 e. The van der Waals surface area contributed by atoms with E-state index < -0.39 is 58.1 Å². The first-order chi connectivity index (χ1) is 36.9. The Morgan fingerprint density at radius 2 is 0.827 bits per heavy atom. The Balaban J connectivity index is 0.000000210. The molecule has 0 radical (unpaired) electrons. The third kappa shape index (κ3) is 9.75. The fraction of sp³-hybridized carbons (Fsp3) is 0.875. The maximum absolute atomic E-state index is 12.7. The number of carboxylic acids is 2. The van der Waals surface area contributed by atoms with Gasteiger partial charge in [0.15, 0.2) is 0 Å². The fourth-order valence-corrected chi connectivity index (χ4v) is 22.2. The van der Waals surface area contributed by atoms with Crippen molar-refractivity contribution in [3.8, 4) is 0 Å². The molecule has 8 saturated carbocycles. The van der Waals surface area contributed by atoms with E-state index in [1.807, 2.05) is 0 Å². The second kappa shape index (κ2) is 20.9. The van der Waals surface area contributed by atoms with Gasteiger partial charge in [-0.3, -0.25) is 0 Å². The molecule has 0 amide bonds. The number of fused-ring (bicyclic) bond motifs is 14. The summed E-state index contributed by atoms with van der Waals surface area (Å²) in [5.41, 5.74) is 1.11. The van der Waals surface area contributed by atoms with E-state index in [0.29, 0.717) is 49.4 Å². The number of carbonyl (C=O) groups is 4. The zero-order chi connectivity index (χ0) is 59.0. The molecule has 0 bridgehead atoms. The summed E-state index contributed by atoms with van der Waals surface area (Å²) in [4.78, 5) is 80.3. The molecule has 81 heavy (non-hydrogen) atoms. The van der Waals surface area contributed by atoms with Crippen molar-refractivity contribution in [2.45, 2.75) is 238 Å². The number of rotatable bonds is 10. The summed E-state index contributed by atoms with van der Waals surface area (Å²) >= 11 is 0. The largest absolute Gasteiger partial charge is 2.00 e. The number of allylic oxidation sites excluding steroid dienone is 4. The zero-order valence-electron chi connectivity index (χ0n) is 51.3. The van der Waals surface area contributed by atoms with Gasteiger partial charge in [0.1, 0.15) is 22.0 Å². The normalized spacial score (nSPS) is 44.4. The van der Waals surface area contributed by atoms with Crippen LogP contribution in [0.5, 0.6) is 0 Å². The van der Waals surface area contributed by atoms with Crippen molar-refractivity contribution in [3.05, 3.63) is 33.1 Å². The molecule has 0 heterocycles. The molecule has 10 aliphatic carbocycles. The molecule has 8 fully saturated rings. The Morgan fingerprint density at radius 3 is 1.15 bits per heavy atom. The molecule has 10 rings (SSSR count). The molecule has 17 heteroatoms. The summed E-state index contributed by atoms with van der Waals surface area (Å²) in [6.07, 6.45) is 22.1. The molecule has 2 N–H and O–H groups in total. The van der Waals surface area contributed by atoms with Crippen LogP contribution in [-0.4, -0.2) is 69.9 Å². The van der Waals surface area contributed by atoms with Crippen LogP contribution in [0.2, 0.25) is 0 Å². The third-order valence-electron chi connectivity index (χ3n) is 27.1. The molecule has 10 aliphatic rings. The summed E-state index contributed by atoms with van der Waals surface area (Å²) in [6.45, 7) is 31.5. The molecule has 0 saturated heterocycles. The van der Waals surface area contributed by atoms with Crippen LogP contribution in [0.25, 0.3) is 0 Å². The first-order valence-corrected chi connectivity index (χ1v) is 30.7. The second-order valence-electron chi connectivity index (χ2n) is 32.0. The number of hydrogen-bond acceptors (Lipinski definition) is 12. The molecule has 16 atom stereocenters. The number of carboxylic acid groups (broad SMARTS) is 2. The first kappa shape index (κ1) is 63.5. The van der Waals surface area contributed by atoms with Crippen molar-refractivity contribution in [1.82, 2.24) is 0 Å². The maximum atomic E-state index is 12.7. The van der Waals surface area contributed by atoms with Crippen LogP contribution in [0.1, 0.15) is 225 Å². The van der Waals surface area contributed by atoms with Crippen LogP contribution in [0.3, 0.4) is 0 Å². The molecular weight excluding hydrogens is 1220 g/mol. The summed E-state index contributed by atoms with van der Waals surface area (Å²) in [5.74, 6) is -1.32. The number of carbonyl (C=O) groups excluding carboxylic acids is 4. The number of esters is 2. The molecule has 0 spiro atoms. The number of ether oxygens (including phenoxy) is 2. The van der Waals surface area contributed by atoms with E-state index in [0.717, 1.165) is 103 Å². The number of aliphatic carboxylic acids is 2. The minimum absolute atomic E-state index is 0. The summed E-state index contributed by atoms with van der Waals surface area (Å²) in [7, 11) is 0. The predicted octanol–water partition coefficient (Wildman–Crippen LogP) is 11.1. The van der Waals surface area contributed by atoms with E-state index in [9.17, 15) is 39.2 Å². The smallest absolute Gasteiger partial charge is 0.550 e. The fourth-order valence-electron chi connectivity index (χ4n) is 22.2. The Kier molecular flexibility index (Phi) is 16.3. The second-order valence-corrected chi connectivity index (χ2v) is 32.0. The Morgan fingerprint density at radius 1 is 0.494 bits per heavy atom. The van der Waals surface area contributed by atoms with E-state index in [4.69, 9.17) is 19.9 Å². The molecule has 0 unspecified atom stereocenters. The van der Waals surface area contributed by atoms with Gasteiger partial charge in [-0.2, -0.15) is 9.68 Å². The topological polar surface area (TPSA) is 232 Å². The number of hydrogen-bond donors (Lipinski definition) is 2. The van der Waals surface area contributed by atoms with Crippen LogP contribution >= 0.6 is 0 Å². The van der Waals surface area contributed by atoms with E-state index in [-0.39, 0.29) is 99.3 Å². The van der Waals surface area contributed by atoms with E-state index >= 15 is 0 Å². The average molecular weight is 1310 g/mol. The first-order valence-electron chi connectivity index (χ1n) is 30.7. The number of nitrogens with zero attached hydrogens (tertiary/aromatic N) is 2. The van der Waals surface area contributed by atoms with E-state index in [2.05, 4.69) is 119 Å². The average Bonchev–Trinajstić information content (AvgIpc) is 3.55. The Labute approximate surface area is 496 Å². The quantitative estimate of drug-likeness (QED) is 0.118. The van der Waals surface area contributed by atoms with Crippen molar-refractivity contribution in [2.24, 2.45) is 100 Å². The van der Waals surface area contributed by atoms with Gasteiger partial charge >= 0.3 is 43.2 Å². The van der Waals surface area contributed by atoms with Crippen molar-refractivity contribution in [2.75, 3.05) is 13.2 Å². The van der Waals surface area contributed by atoms with E-state index in [1.54, 1.807) is 0 Å². The van der Waals surface area contributed by atoms with Crippen LogP contribution in [0.15, 0.2) is 23.3 Å². The van der Waals surface area contributed by atoms with Gasteiger partial charge in [-0.05, 0) is 207 Å². The van der Waals surface area contributed by atoms with Gasteiger partial charge in [-0.15, -0.1) is 0 Å². The van der Waals surface area contributed by atoms with E-state index in [1.165, 1.54) is 11.1 Å². The summed E-state index contributed by atoms with van der Waals surface area (Å²) < 4.78 is 11.6. The molecule has 0 aromatic carbocycles. The monoisotopic (exact) mass is 1310 g/mol. The standard InChI is InChI=1S/2C32H49NO7.Pt/c2*1-27(2)14-16-32(26(35)36)17-15-30(6)20(21(32)18-27)8-9-23-29(5)12-11-24(40-25(34)19-39-33(37)38)28(3,4)22(29)10-13-31(23,30)7;/h2*8,21-24H,9-19H2,1-7H3,(H-,35,36,37,38);/q;;+2/t2*21-,22-,23+,24-,29-,30+,31+,32-;/m00./s1.